The molecule has 0 bridgehead atoms. The fourth-order valence-corrected chi connectivity index (χ4v) is 1.07. The van der Waals surface area contributed by atoms with Crippen LogP contribution in [-0.4, -0.2) is 31.3 Å². The van der Waals surface area contributed by atoms with Crippen molar-refractivity contribution in [2.75, 3.05) is 13.1 Å². The highest BCUT2D eigenvalue weighted by Crippen LogP contribution is 2.18. The first-order valence-corrected chi connectivity index (χ1v) is 3.51. The Kier molecular flexibility index (Phi) is 2.41. The second-order valence-electron chi connectivity index (χ2n) is 2.79. The molecule has 5 heteroatoms. The van der Waals surface area contributed by atoms with Gasteiger partial charge in [0.05, 0.1) is 6.10 Å². The Morgan fingerprint density at radius 2 is 2.18 bits per heavy atom. The van der Waals surface area contributed by atoms with E-state index in [4.69, 9.17) is 5.73 Å². The van der Waals surface area contributed by atoms with E-state index in [0.29, 0.717) is 13.1 Å². The van der Waals surface area contributed by atoms with E-state index in [2.05, 4.69) is 10.1 Å². The molecule has 0 unspecified atom stereocenters. The molecule has 0 aromatic carbocycles. The Morgan fingerprint density at radius 1 is 1.55 bits per heavy atom. The average Bonchev–Trinajstić information content (AvgIpc) is 2.12. The summed E-state index contributed by atoms with van der Waals surface area (Å²) in [7, 11) is 0. The topological polar surface area (TPSA) is 47.3 Å². The second kappa shape index (κ2) is 3.00. The van der Waals surface area contributed by atoms with Crippen LogP contribution in [0.3, 0.4) is 0 Å². The molecular formula is C6H12F2N2O. The third-order valence-corrected chi connectivity index (χ3v) is 1.56. The number of halogens is 2. The molecule has 0 spiro atoms. The lowest BCUT2D eigenvalue weighted by Crippen LogP contribution is -2.39. The Morgan fingerprint density at radius 3 is 2.55 bits per heavy atom. The van der Waals surface area contributed by atoms with Crippen molar-refractivity contribution in [3.05, 3.63) is 0 Å². The number of hydrogen-bond donors (Lipinski definition) is 2. The van der Waals surface area contributed by atoms with E-state index in [9.17, 15) is 8.78 Å². The van der Waals surface area contributed by atoms with Gasteiger partial charge in [0.15, 0.2) is 0 Å². The molecule has 0 amide bonds. The molecule has 66 valence electrons. The van der Waals surface area contributed by atoms with Gasteiger partial charge in [0.25, 0.3) is 0 Å². The van der Waals surface area contributed by atoms with Crippen molar-refractivity contribution in [3.8, 4) is 0 Å². The summed E-state index contributed by atoms with van der Waals surface area (Å²) in [6.45, 7) is 1.67. The van der Waals surface area contributed by atoms with Gasteiger partial charge in [0.2, 0.25) is 0 Å². The maximum atomic E-state index is 12.2. The summed E-state index contributed by atoms with van der Waals surface area (Å²) in [6, 6.07) is -0.319. The average molecular weight is 166 g/mol. The Hall–Kier alpha value is -0.260. The van der Waals surface area contributed by atoms with E-state index < -0.39 is 12.2 Å². The predicted octanol–water partition coefficient (Wildman–Crippen LogP) is -0.0852. The first-order chi connectivity index (χ1) is 4.99. The molecule has 0 aromatic rings. The zero-order valence-electron chi connectivity index (χ0n) is 6.31. The molecular weight excluding hydrogens is 154 g/mol. The van der Waals surface area contributed by atoms with Crippen LogP contribution in [0.5, 0.6) is 0 Å². The van der Waals surface area contributed by atoms with Crippen LogP contribution in [0.4, 0.5) is 8.78 Å². The quantitative estimate of drug-likeness (QED) is 0.603. The summed E-state index contributed by atoms with van der Waals surface area (Å²) < 4.78 is 28.9. The number of nitrogens with two attached hydrogens (primary N) is 1. The van der Waals surface area contributed by atoms with Gasteiger partial charge in [-0.15, -0.1) is 0 Å². The first-order valence-electron chi connectivity index (χ1n) is 3.51. The molecule has 1 fully saturated rings. The van der Waals surface area contributed by atoms with Crippen LogP contribution in [0.25, 0.3) is 0 Å². The van der Waals surface area contributed by atoms with Crippen molar-refractivity contribution in [2.45, 2.75) is 25.2 Å². The van der Waals surface area contributed by atoms with Crippen LogP contribution in [0.1, 0.15) is 6.92 Å². The van der Waals surface area contributed by atoms with E-state index in [0.717, 1.165) is 6.92 Å². The molecule has 2 atom stereocenters. The molecule has 1 aliphatic rings. The molecule has 0 radical (unpaired) electrons. The Bertz CT molecular complexity index is 137. The minimum Gasteiger partial charge on any atom is -0.324 e. The SMILES string of the molecule is CC(F)(F)O[C@H]1CNC[C@H]1N. The van der Waals surface area contributed by atoms with Crippen molar-refractivity contribution >= 4 is 0 Å². The van der Waals surface area contributed by atoms with Gasteiger partial charge in [-0.2, -0.15) is 8.78 Å². The van der Waals surface area contributed by atoms with Crippen molar-refractivity contribution in [1.29, 1.82) is 0 Å². The number of ether oxygens (including phenoxy) is 1. The minimum absolute atomic E-state index is 0.319. The standard InChI is InChI=1S/C6H12F2N2O/c1-6(7,8)11-5-3-10-2-4(5)9/h4-5,10H,2-3,9H2,1H3/t4-,5+/m1/s1. The number of nitrogens with one attached hydrogen (secondary N) is 1. The van der Waals surface area contributed by atoms with Crippen molar-refractivity contribution in [3.63, 3.8) is 0 Å². The summed E-state index contributed by atoms with van der Waals surface area (Å²) in [6.07, 6.45) is -3.64. The highest BCUT2D eigenvalue weighted by Gasteiger charge is 2.33. The molecule has 11 heavy (non-hydrogen) atoms. The lowest BCUT2D eigenvalue weighted by Gasteiger charge is -2.19. The van der Waals surface area contributed by atoms with Crippen LogP contribution in [0.15, 0.2) is 0 Å². The molecule has 1 saturated heterocycles. The molecule has 3 N–H and O–H groups in total. The van der Waals surface area contributed by atoms with Crippen LogP contribution in [-0.2, 0) is 4.74 Å². The van der Waals surface area contributed by atoms with E-state index in [1.54, 1.807) is 0 Å². The molecule has 1 heterocycles. The lowest BCUT2D eigenvalue weighted by molar-refractivity contribution is -0.247. The summed E-state index contributed by atoms with van der Waals surface area (Å²) in [4.78, 5) is 0. The molecule has 3 nitrogen and oxygen atoms in total. The predicted molar refractivity (Wildman–Crippen MR) is 36.3 cm³/mol. The van der Waals surface area contributed by atoms with Gasteiger partial charge in [-0.1, -0.05) is 0 Å². The fourth-order valence-electron chi connectivity index (χ4n) is 1.07. The smallest absolute Gasteiger partial charge is 0.324 e. The highest BCUT2D eigenvalue weighted by atomic mass is 19.3. The van der Waals surface area contributed by atoms with Crippen LogP contribution >= 0.6 is 0 Å². The van der Waals surface area contributed by atoms with Crippen molar-refractivity contribution in [2.24, 2.45) is 5.73 Å². The van der Waals surface area contributed by atoms with Gasteiger partial charge in [-0.05, 0) is 0 Å². The molecule has 0 aromatic heterocycles. The normalized spacial score (nSPS) is 32.7. The van der Waals surface area contributed by atoms with E-state index in [-0.39, 0.29) is 6.04 Å². The third kappa shape index (κ3) is 2.69. The van der Waals surface area contributed by atoms with Crippen LogP contribution < -0.4 is 11.1 Å². The summed E-state index contributed by atoms with van der Waals surface area (Å²) in [5.41, 5.74) is 5.47. The molecule has 1 aliphatic heterocycles. The summed E-state index contributed by atoms with van der Waals surface area (Å²) >= 11 is 0. The van der Waals surface area contributed by atoms with Crippen LogP contribution in [0.2, 0.25) is 0 Å². The van der Waals surface area contributed by atoms with Crippen molar-refractivity contribution in [1.82, 2.24) is 5.32 Å². The van der Waals surface area contributed by atoms with Gasteiger partial charge < -0.3 is 15.8 Å². The molecule has 1 rings (SSSR count). The summed E-state index contributed by atoms with van der Waals surface area (Å²) in [5.74, 6) is 0. The zero-order valence-corrected chi connectivity index (χ0v) is 6.31. The van der Waals surface area contributed by atoms with Gasteiger partial charge in [0, 0.05) is 26.1 Å². The number of hydrogen-bond acceptors (Lipinski definition) is 3. The van der Waals surface area contributed by atoms with Crippen LogP contribution in [0, 0.1) is 0 Å². The maximum Gasteiger partial charge on any atom is 0.353 e. The Labute approximate surface area is 63.9 Å². The van der Waals surface area contributed by atoms with Gasteiger partial charge >= 0.3 is 6.11 Å². The van der Waals surface area contributed by atoms with E-state index in [1.165, 1.54) is 0 Å². The molecule has 0 saturated carbocycles. The number of alkyl halides is 2. The zero-order chi connectivity index (χ0) is 8.48. The van der Waals surface area contributed by atoms with Crippen molar-refractivity contribution < 1.29 is 13.5 Å². The van der Waals surface area contributed by atoms with E-state index in [1.807, 2.05) is 0 Å². The third-order valence-electron chi connectivity index (χ3n) is 1.56. The van der Waals surface area contributed by atoms with Gasteiger partial charge in [0.1, 0.15) is 0 Å². The summed E-state index contributed by atoms with van der Waals surface area (Å²) in [5, 5.41) is 2.86. The maximum absolute atomic E-state index is 12.2. The minimum atomic E-state index is -3.08. The highest BCUT2D eigenvalue weighted by molar-refractivity contribution is 4.85. The number of rotatable bonds is 2. The Balaban J connectivity index is 2.37. The molecule has 0 aliphatic carbocycles. The monoisotopic (exact) mass is 166 g/mol. The second-order valence-corrected chi connectivity index (χ2v) is 2.79. The van der Waals surface area contributed by atoms with E-state index >= 15 is 0 Å². The lowest BCUT2D eigenvalue weighted by atomic mass is 10.2. The first kappa shape index (κ1) is 8.83. The van der Waals surface area contributed by atoms with Gasteiger partial charge in [-0.25, -0.2) is 0 Å². The largest absolute Gasteiger partial charge is 0.353 e. The fraction of sp³-hybridized carbons (Fsp3) is 1.00. The van der Waals surface area contributed by atoms with Gasteiger partial charge in [-0.3, -0.25) is 0 Å².